The van der Waals surface area contributed by atoms with Gasteiger partial charge in [0.05, 0.1) is 18.1 Å². The van der Waals surface area contributed by atoms with Crippen LogP contribution in [0.25, 0.3) is 11.0 Å². The van der Waals surface area contributed by atoms with Crippen molar-refractivity contribution >= 4 is 22.6 Å². The number of rotatable bonds is 2. The fourth-order valence-corrected chi connectivity index (χ4v) is 2.05. The number of hydrogen-bond donors (Lipinski definition) is 1. The highest BCUT2D eigenvalue weighted by molar-refractivity contribution is 6.33. The van der Waals surface area contributed by atoms with Gasteiger partial charge in [0.15, 0.2) is 11.5 Å². The first-order chi connectivity index (χ1) is 9.54. The molecule has 0 saturated carbocycles. The quantitative estimate of drug-likeness (QED) is 0.666. The summed E-state index contributed by atoms with van der Waals surface area (Å²) < 4.78 is 2.86. The maximum atomic E-state index is 11.6. The molecule has 0 fully saturated rings. The van der Waals surface area contributed by atoms with Crippen LogP contribution in [0.1, 0.15) is 5.82 Å². The monoisotopic (exact) mass is 292 g/mol. The van der Waals surface area contributed by atoms with Gasteiger partial charge in [0.25, 0.3) is 5.56 Å². The minimum atomic E-state index is -0.526. The zero-order chi connectivity index (χ0) is 14.3. The smallest absolute Gasteiger partial charge is 0.293 e. The molecule has 0 unspecified atom stereocenters. The van der Waals surface area contributed by atoms with Crippen LogP contribution in [0.2, 0.25) is 5.15 Å². The highest BCUT2D eigenvalue weighted by Gasteiger charge is 2.10. The van der Waals surface area contributed by atoms with Gasteiger partial charge in [0.2, 0.25) is 0 Å². The van der Waals surface area contributed by atoms with Crippen LogP contribution in [0.4, 0.5) is 0 Å². The minimum absolute atomic E-state index is 0.108. The van der Waals surface area contributed by atoms with E-state index in [0.717, 1.165) is 0 Å². The number of aromatic amines is 1. The lowest BCUT2D eigenvalue weighted by Crippen LogP contribution is -2.29. The Morgan fingerprint density at radius 2 is 2.15 bits per heavy atom. The summed E-state index contributed by atoms with van der Waals surface area (Å²) in [7, 11) is 1.74. The molecule has 3 aromatic rings. The standard InChI is InChI=1S/C11H9ClN6O2/c1-17-10-6(4-13-17)9(12)14-7(15-10)5-18-3-2-8(19)16-11(18)20/h2-4H,5H2,1H3,(H,16,19,20). The van der Waals surface area contributed by atoms with E-state index in [2.05, 4.69) is 20.1 Å². The zero-order valence-electron chi connectivity index (χ0n) is 10.4. The molecule has 0 aliphatic carbocycles. The first-order valence-electron chi connectivity index (χ1n) is 5.68. The molecule has 0 bridgehead atoms. The van der Waals surface area contributed by atoms with E-state index < -0.39 is 11.2 Å². The van der Waals surface area contributed by atoms with Crippen LogP contribution in [0.3, 0.4) is 0 Å². The lowest BCUT2D eigenvalue weighted by atomic mass is 10.4. The summed E-state index contributed by atoms with van der Waals surface area (Å²) in [6, 6.07) is 1.26. The van der Waals surface area contributed by atoms with Gasteiger partial charge in [0, 0.05) is 19.3 Å². The molecular formula is C11H9ClN6O2. The summed E-state index contributed by atoms with van der Waals surface area (Å²) >= 11 is 6.06. The number of hydrogen-bond acceptors (Lipinski definition) is 5. The summed E-state index contributed by atoms with van der Waals surface area (Å²) in [6.07, 6.45) is 2.96. The topological polar surface area (TPSA) is 98.5 Å². The molecule has 8 nitrogen and oxygen atoms in total. The van der Waals surface area contributed by atoms with Gasteiger partial charge in [-0.1, -0.05) is 11.6 Å². The van der Waals surface area contributed by atoms with Gasteiger partial charge in [-0.3, -0.25) is 19.0 Å². The Kier molecular flexibility index (Phi) is 2.87. The molecule has 0 saturated heterocycles. The molecule has 20 heavy (non-hydrogen) atoms. The van der Waals surface area contributed by atoms with Crippen molar-refractivity contribution in [2.75, 3.05) is 0 Å². The second-order valence-electron chi connectivity index (χ2n) is 4.17. The van der Waals surface area contributed by atoms with Crippen molar-refractivity contribution in [3.8, 4) is 0 Å². The SMILES string of the molecule is Cn1ncc2c(Cl)nc(Cn3ccc(=O)[nH]c3=O)nc21. The largest absolute Gasteiger partial charge is 0.328 e. The predicted octanol–water partition coefficient (Wildman–Crippen LogP) is -0.0850. The maximum Gasteiger partial charge on any atom is 0.328 e. The molecule has 0 spiro atoms. The Morgan fingerprint density at radius 3 is 2.90 bits per heavy atom. The summed E-state index contributed by atoms with van der Waals surface area (Å²) in [5.41, 5.74) is -0.396. The van der Waals surface area contributed by atoms with E-state index in [9.17, 15) is 9.59 Å². The van der Waals surface area contributed by atoms with Crippen molar-refractivity contribution in [3.63, 3.8) is 0 Å². The normalized spacial score (nSPS) is 11.1. The van der Waals surface area contributed by atoms with Gasteiger partial charge in [0.1, 0.15) is 5.15 Å². The summed E-state index contributed by atoms with van der Waals surface area (Å²) in [4.78, 5) is 33.2. The van der Waals surface area contributed by atoms with Crippen molar-refractivity contribution in [1.82, 2.24) is 29.3 Å². The second-order valence-corrected chi connectivity index (χ2v) is 4.53. The number of halogens is 1. The van der Waals surface area contributed by atoms with Crippen LogP contribution < -0.4 is 11.2 Å². The van der Waals surface area contributed by atoms with Crippen molar-refractivity contribution in [3.05, 3.63) is 50.3 Å². The van der Waals surface area contributed by atoms with Crippen LogP contribution in [0, 0.1) is 0 Å². The fourth-order valence-electron chi connectivity index (χ4n) is 1.82. The molecule has 3 heterocycles. The van der Waals surface area contributed by atoms with Gasteiger partial charge >= 0.3 is 5.69 Å². The van der Waals surface area contributed by atoms with Crippen molar-refractivity contribution in [2.24, 2.45) is 7.05 Å². The van der Waals surface area contributed by atoms with E-state index >= 15 is 0 Å². The number of fused-ring (bicyclic) bond motifs is 1. The molecule has 0 amide bonds. The lowest BCUT2D eigenvalue weighted by Gasteiger charge is -2.04. The Morgan fingerprint density at radius 1 is 1.35 bits per heavy atom. The van der Waals surface area contributed by atoms with Gasteiger partial charge in [-0.15, -0.1) is 0 Å². The third-order valence-corrected chi connectivity index (χ3v) is 3.09. The molecule has 1 N–H and O–H groups in total. The van der Waals surface area contributed by atoms with Gasteiger partial charge in [-0.05, 0) is 0 Å². The van der Waals surface area contributed by atoms with Crippen LogP contribution in [-0.2, 0) is 13.6 Å². The highest BCUT2D eigenvalue weighted by Crippen LogP contribution is 2.19. The van der Waals surface area contributed by atoms with Crippen LogP contribution in [0.15, 0.2) is 28.0 Å². The fraction of sp³-hybridized carbons (Fsp3) is 0.182. The van der Waals surface area contributed by atoms with E-state index in [1.807, 2.05) is 0 Å². The molecular weight excluding hydrogens is 284 g/mol. The third-order valence-electron chi connectivity index (χ3n) is 2.80. The summed E-state index contributed by atoms with van der Waals surface area (Å²) in [5.74, 6) is 0.361. The second kappa shape index (κ2) is 4.57. The van der Waals surface area contributed by atoms with Gasteiger partial charge in [-0.2, -0.15) is 5.10 Å². The van der Waals surface area contributed by atoms with E-state index in [0.29, 0.717) is 16.9 Å². The Balaban J connectivity index is 2.08. The average molecular weight is 293 g/mol. The molecule has 102 valence electrons. The number of aromatic nitrogens is 6. The third kappa shape index (κ3) is 2.10. The molecule has 0 aliphatic heterocycles. The summed E-state index contributed by atoms with van der Waals surface area (Å²) in [5, 5.41) is 4.97. The van der Waals surface area contributed by atoms with E-state index in [4.69, 9.17) is 11.6 Å². The number of aryl methyl sites for hydroxylation is 1. The number of nitrogens with one attached hydrogen (secondary N) is 1. The van der Waals surface area contributed by atoms with E-state index in [1.54, 1.807) is 17.9 Å². The zero-order valence-corrected chi connectivity index (χ0v) is 11.1. The first-order valence-corrected chi connectivity index (χ1v) is 6.06. The Labute approximate surface area is 116 Å². The average Bonchev–Trinajstić information content (AvgIpc) is 2.76. The van der Waals surface area contributed by atoms with Gasteiger partial charge in [-0.25, -0.2) is 14.8 Å². The van der Waals surface area contributed by atoms with Gasteiger partial charge < -0.3 is 0 Å². The Bertz CT molecular complexity index is 909. The molecule has 3 rings (SSSR count). The number of H-pyrrole nitrogens is 1. The summed E-state index contributed by atoms with van der Waals surface area (Å²) in [6.45, 7) is 0.108. The number of nitrogens with zero attached hydrogens (tertiary/aromatic N) is 5. The van der Waals surface area contributed by atoms with E-state index in [1.165, 1.54) is 16.8 Å². The van der Waals surface area contributed by atoms with Crippen LogP contribution in [0.5, 0.6) is 0 Å². The molecule has 9 heteroatoms. The minimum Gasteiger partial charge on any atom is -0.293 e. The predicted molar refractivity (Wildman–Crippen MR) is 71.7 cm³/mol. The molecule has 3 aromatic heterocycles. The van der Waals surface area contributed by atoms with Crippen molar-refractivity contribution < 1.29 is 0 Å². The lowest BCUT2D eigenvalue weighted by molar-refractivity contribution is 0.684. The Hall–Kier alpha value is -2.48. The van der Waals surface area contributed by atoms with Crippen LogP contribution >= 0.6 is 11.6 Å². The van der Waals surface area contributed by atoms with Crippen molar-refractivity contribution in [1.29, 1.82) is 0 Å². The molecule has 0 atom stereocenters. The molecule has 0 aliphatic rings. The van der Waals surface area contributed by atoms with Crippen LogP contribution in [-0.4, -0.2) is 29.3 Å². The molecule has 0 radical (unpaired) electrons. The highest BCUT2D eigenvalue weighted by atomic mass is 35.5. The first kappa shape index (κ1) is 12.5. The molecule has 0 aromatic carbocycles. The van der Waals surface area contributed by atoms with E-state index in [-0.39, 0.29) is 11.7 Å². The maximum absolute atomic E-state index is 11.6. The van der Waals surface area contributed by atoms with Crippen molar-refractivity contribution in [2.45, 2.75) is 6.54 Å².